The van der Waals surface area contributed by atoms with E-state index in [2.05, 4.69) is 0 Å². The van der Waals surface area contributed by atoms with Gasteiger partial charge in [0.1, 0.15) is 11.9 Å². The molecule has 0 aromatic heterocycles. The van der Waals surface area contributed by atoms with Gasteiger partial charge in [-0.1, -0.05) is 48.5 Å². The highest BCUT2D eigenvalue weighted by Crippen LogP contribution is 2.44. The van der Waals surface area contributed by atoms with E-state index in [1.54, 1.807) is 18.2 Å². The summed E-state index contributed by atoms with van der Waals surface area (Å²) in [4.78, 5) is 11.3. The molecule has 0 amide bonds. The average molecular weight is 284 g/mol. The van der Waals surface area contributed by atoms with Crippen molar-refractivity contribution in [1.29, 1.82) is 0 Å². The zero-order valence-corrected chi connectivity index (χ0v) is 11.7. The van der Waals surface area contributed by atoms with Gasteiger partial charge < -0.3 is 14.6 Å². The summed E-state index contributed by atoms with van der Waals surface area (Å²) in [6, 6.07) is 16.4. The largest absolute Gasteiger partial charge is 0.458 e. The predicted octanol–water partition coefficient (Wildman–Crippen LogP) is 2.92. The fourth-order valence-electron chi connectivity index (χ4n) is 2.61. The molecule has 0 fully saturated rings. The zero-order valence-electron chi connectivity index (χ0n) is 11.7. The van der Waals surface area contributed by atoms with E-state index in [4.69, 9.17) is 9.47 Å². The molecule has 3 rings (SSSR count). The summed E-state index contributed by atoms with van der Waals surface area (Å²) in [6.07, 6.45) is -0.370. The van der Waals surface area contributed by atoms with Gasteiger partial charge in [-0.3, -0.25) is 4.79 Å². The summed E-state index contributed by atoms with van der Waals surface area (Å²) in [7, 11) is 0. The van der Waals surface area contributed by atoms with Gasteiger partial charge in [0.05, 0.1) is 6.42 Å². The van der Waals surface area contributed by atoms with Gasteiger partial charge in [-0.05, 0) is 6.07 Å². The molecule has 21 heavy (non-hydrogen) atoms. The van der Waals surface area contributed by atoms with Gasteiger partial charge >= 0.3 is 5.97 Å². The number of aliphatic hydroxyl groups is 1. The lowest BCUT2D eigenvalue weighted by Crippen LogP contribution is -2.39. The lowest BCUT2D eigenvalue weighted by molar-refractivity contribution is -0.191. The Labute approximate surface area is 122 Å². The Bertz CT molecular complexity index is 653. The molecule has 1 heterocycles. The normalized spacial score (nSPS) is 23.8. The standard InChI is InChI=1S/C17H16O4/c1-12(18)20-16-11-17(19,13-7-3-2-4-8-13)21-15-10-6-5-9-14(15)16/h2-10,16,19H,11H2,1H3/t16-,17-/m0/s1. The topological polar surface area (TPSA) is 55.8 Å². The van der Waals surface area contributed by atoms with Crippen LogP contribution >= 0.6 is 0 Å². The minimum Gasteiger partial charge on any atom is -0.458 e. The van der Waals surface area contributed by atoms with Gasteiger partial charge in [0, 0.05) is 18.1 Å². The molecular weight excluding hydrogens is 268 g/mol. The number of hydrogen-bond donors (Lipinski definition) is 1. The Morgan fingerprint density at radius 3 is 2.57 bits per heavy atom. The number of ether oxygens (including phenoxy) is 2. The summed E-state index contributed by atoms with van der Waals surface area (Å²) in [5.41, 5.74) is 1.41. The molecule has 0 aliphatic carbocycles. The number of para-hydroxylation sites is 1. The lowest BCUT2D eigenvalue weighted by Gasteiger charge is -2.38. The fourth-order valence-corrected chi connectivity index (χ4v) is 2.61. The molecule has 0 unspecified atom stereocenters. The molecule has 2 atom stereocenters. The molecule has 1 aliphatic heterocycles. The molecule has 0 saturated carbocycles. The Kier molecular flexibility index (Phi) is 3.39. The minimum atomic E-state index is -1.50. The number of fused-ring (bicyclic) bond motifs is 1. The molecule has 4 heteroatoms. The first-order valence-corrected chi connectivity index (χ1v) is 6.81. The first-order chi connectivity index (χ1) is 10.1. The van der Waals surface area contributed by atoms with Crippen molar-refractivity contribution in [1.82, 2.24) is 0 Å². The van der Waals surface area contributed by atoms with Crippen molar-refractivity contribution in [3.8, 4) is 5.75 Å². The van der Waals surface area contributed by atoms with E-state index in [1.807, 2.05) is 36.4 Å². The van der Waals surface area contributed by atoms with E-state index < -0.39 is 11.9 Å². The summed E-state index contributed by atoms with van der Waals surface area (Å²) >= 11 is 0. The highest BCUT2D eigenvalue weighted by atomic mass is 16.6. The van der Waals surface area contributed by atoms with Crippen molar-refractivity contribution in [3.05, 3.63) is 65.7 Å². The Balaban J connectivity index is 2.02. The van der Waals surface area contributed by atoms with E-state index in [0.29, 0.717) is 11.3 Å². The van der Waals surface area contributed by atoms with Gasteiger partial charge in [0.2, 0.25) is 5.79 Å². The average Bonchev–Trinajstić information content (AvgIpc) is 2.47. The number of carbonyl (C=O) groups excluding carboxylic acids is 1. The Morgan fingerprint density at radius 2 is 1.86 bits per heavy atom. The highest BCUT2D eigenvalue weighted by Gasteiger charge is 2.42. The molecule has 0 spiro atoms. The van der Waals surface area contributed by atoms with Crippen molar-refractivity contribution in [2.75, 3.05) is 0 Å². The van der Waals surface area contributed by atoms with Crippen LogP contribution in [0.5, 0.6) is 5.75 Å². The number of carbonyl (C=O) groups is 1. The van der Waals surface area contributed by atoms with Gasteiger partial charge in [-0.25, -0.2) is 0 Å². The molecule has 0 radical (unpaired) electrons. The second kappa shape index (κ2) is 5.22. The summed E-state index contributed by atoms with van der Waals surface area (Å²) in [6.45, 7) is 1.36. The molecule has 0 bridgehead atoms. The van der Waals surface area contributed by atoms with Crippen LogP contribution in [0.2, 0.25) is 0 Å². The van der Waals surface area contributed by atoms with Crippen LogP contribution < -0.4 is 4.74 Å². The zero-order chi connectivity index (χ0) is 14.9. The van der Waals surface area contributed by atoms with Crippen molar-refractivity contribution >= 4 is 5.97 Å². The maximum Gasteiger partial charge on any atom is 0.303 e. The van der Waals surface area contributed by atoms with E-state index in [-0.39, 0.29) is 12.4 Å². The van der Waals surface area contributed by atoms with Gasteiger partial charge in [0.15, 0.2) is 0 Å². The third kappa shape index (κ3) is 2.62. The van der Waals surface area contributed by atoms with Crippen molar-refractivity contribution in [3.63, 3.8) is 0 Å². The molecule has 4 nitrogen and oxygen atoms in total. The number of benzene rings is 2. The quantitative estimate of drug-likeness (QED) is 0.861. The van der Waals surface area contributed by atoms with Crippen LogP contribution in [0.1, 0.15) is 30.6 Å². The molecule has 2 aromatic carbocycles. The SMILES string of the molecule is CC(=O)O[C@H]1C[C@@](O)(c2ccccc2)Oc2ccccc21. The van der Waals surface area contributed by atoms with E-state index in [9.17, 15) is 9.90 Å². The molecule has 2 aromatic rings. The van der Waals surface area contributed by atoms with Gasteiger partial charge in [-0.15, -0.1) is 0 Å². The van der Waals surface area contributed by atoms with Crippen LogP contribution in [-0.4, -0.2) is 11.1 Å². The first-order valence-electron chi connectivity index (χ1n) is 6.81. The number of rotatable bonds is 2. The molecule has 0 saturated heterocycles. The van der Waals surface area contributed by atoms with Gasteiger partial charge in [-0.2, -0.15) is 0 Å². The van der Waals surface area contributed by atoms with Gasteiger partial charge in [0.25, 0.3) is 0 Å². The number of hydrogen-bond acceptors (Lipinski definition) is 4. The third-order valence-corrected chi connectivity index (χ3v) is 3.54. The van der Waals surface area contributed by atoms with Crippen LogP contribution in [-0.2, 0) is 15.3 Å². The van der Waals surface area contributed by atoms with E-state index in [1.165, 1.54) is 6.92 Å². The maximum absolute atomic E-state index is 11.3. The van der Waals surface area contributed by atoms with E-state index in [0.717, 1.165) is 5.56 Å². The Morgan fingerprint density at radius 1 is 1.19 bits per heavy atom. The summed E-state index contributed by atoms with van der Waals surface area (Å²) in [5.74, 6) is -1.36. The smallest absolute Gasteiger partial charge is 0.303 e. The van der Waals surface area contributed by atoms with Crippen LogP contribution in [0.3, 0.4) is 0 Å². The first kappa shape index (κ1) is 13.6. The fraction of sp³-hybridized carbons (Fsp3) is 0.235. The van der Waals surface area contributed by atoms with Crippen LogP contribution in [0.25, 0.3) is 0 Å². The molecular formula is C17H16O4. The van der Waals surface area contributed by atoms with Crippen LogP contribution in [0.15, 0.2) is 54.6 Å². The lowest BCUT2D eigenvalue weighted by atomic mass is 9.92. The van der Waals surface area contributed by atoms with E-state index >= 15 is 0 Å². The minimum absolute atomic E-state index is 0.160. The predicted molar refractivity (Wildman–Crippen MR) is 76.5 cm³/mol. The Hall–Kier alpha value is -2.33. The second-order valence-corrected chi connectivity index (χ2v) is 5.09. The van der Waals surface area contributed by atoms with Crippen LogP contribution in [0, 0.1) is 0 Å². The van der Waals surface area contributed by atoms with Crippen molar-refractivity contribution in [2.24, 2.45) is 0 Å². The van der Waals surface area contributed by atoms with Crippen molar-refractivity contribution in [2.45, 2.75) is 25.2 Å². The monoisotopic (exact) mass is 284 g/mol. The molecule has 1 aliphatic rings. The number of esters is 1. The van der Waals surface area contributed by atoms with Crippen LogP contribution in [0.4, 0.5) is 0 Å². The summed E-state index contributed by atoms with van der Waals surface area (Å²) < 4.78 is 11.1. The third-order valence-electron chi connectivity index (χ3n) is 3.54. The molecule has 1 N–H and O–H groups in total. The highest BCUT2D eigenvalue weighted by molar-refractivity contribution is 5.66. The maximum atomic E-state index is 11.3. The second-order valence-electron chi connectivity index (χ2n) is 5.09. The molecule has 108 valence electrons. The summed E-state index contributed by atoms with van der Waals surface area (Å²) in [5, 5.41) is 10.9. The van der Waals surface area contributed by atoms with Crippen molar-refractivity contribution < 1.29 is 19.4 Å².